The Hall–Kier alpha value is -2.22. The summed E-state index contributed by atoms with van der Waals surface area (Å²) in [6, 6.07) is 13.1. The Balaban J connectivity index is 2.05. The minimum Gasteiger partial charge on any atom is -0.389 e. The van der Waals surface area contributed by atoms with E-state index in [9.17, 15) is 0 Å². The smallest absolute Gasteiger partial charge is 0.312 e. The Labute approximate surface area is 106 Å². The van der Waals surface area contributed by atoms with Gasteiger partial charge in [0.05, 0.1) is 0 Å². The normalized spacial score (nSPS) is 16.0. The van der Waals surface area contributed by atoms with Gasteiger partial charge in [0.15, 0.2) is 0 Å². The largest absolute Gasteiger partial charge is 0.389 e. The van der Waals surface area contributed by atoms with Crippen molar-refractivity contribution < 1.29 is 0 Å². The van der Waals surface area contributed by atoms with Gasteiger partial charge in [-0.05, 0) is 51.8 Å². The van der Waals surface area contributed by atoms with Gasteiger partial charge in [-0.2, -0.15) is 0 Å². The molecule has 18 heavy (non-hydrogen) atoms. The van der Waals surface area contributed by atoms with Gasteiger partial charge in [0.2, 0.25) is 0 Å². The monoisotopic (exact) mass is 229 g/mol. The highest BCUT2D eigenvalue weighted by molar-refractivity contribution is 6.76. The minimum absolute atomic E-state index is 0.365. The molecule has 2 aromatic rings. The minimum atomic E-state index is 0.365. The molecule has 0 fully saturated rings. The van der Waals surface area contributed by atoms with Crippen molar-refractivity contribution in [1.29, 1.82) is 0 Å². The molecule has 0 N–H and O–H groups in total. The van der Waals surface area contributed by atoms with Crippen molar-refractivity contribution in [2.24, 2.45) is 0 Å². The number of rotatable bonds is 0. The van der Waals surface area contributed by atoms with Crippen molar-refractivity contribution >= 4 is 29.8 Å². The predicted molar refractivity (Wildman–Crippen MR) is 78.0 cm³/mol. The Morgan fingerprint density at radius 2 is 1.67 bits per heavy atom. The van der Waals surface area contributed by atoms with Crippen LogP contribution in [0.2, 0.25) is 0 Å². The van der Waals surface area contributed by atoms with E-state index >= 15 is 0 Å². The quantitative estimate of drug-likeness (QED) is 0.623. The van der Waals surface area contributed by atoms with Crippen LogP contribution in [0.15, 0.2) is 60.7 Å². The fourth-order valence-corrected chi connectivity index (χ4v) is 2.67. The van der Waals surface area contributed by atoms with Crippen LogP contribution in [-0.2, 0) is 0 Å². The van der Waals surface area contributed by atoms with E-state index in [4.69, 9.17) is 0 Å². The van der Waals surface area contributed by atoms with E-state index in [0.717, 1.165) is 0 Å². The first-order valence-electron chi connectivity index (χ1n) is 6.25. The second kappa shape index (κ2) is 3.64. The molecule has 0 saturated carbocycles. The summed E-state index contributed by atoms with van der Waals surface area (Å²) >= 11 is 0. The molecule has 0 bridgehead atoms. The van der Waals surface area contributed by atoms with Crippen molar-refractivity contribution in [2.75, 3.05) is 0 Å². The highest BCUT2D eigenvalue weighted by Gasteiger charge is 2.17. The summed E-state index contributed by atoms with van der Waals surface area (Å²) in [6.45, 7) is 0.365. The molecule has 0 amide bonds. The maximum Gasteiger partial charge on any atom is 0.312 e. The summed E-state index contributed by atoms with van der Waals surface area (Å²) in [6.07, 6.45) is 8.54. The zero-order chi connectivity index (χ0) is 11.9. The molecule has 1 nitrogen and oxygen atoms in total. The molecular weight excluding hydrogens is 217 g/mol. The van der Waals surface area contributed by atoms with Crippen molar-refractivity contribution in [3.63, 3.8) is 0 Å². The van der Waals surface area contributed by atoms with Gasteiger partial charge in [-0.15, -0.1) is 0 Å². The molecule has 0 aromatic heterocycles. The van der Waals surface area contributed by atoms with Crippen LogP contribution in [0.3, 0.4) is 0 Å². The van der Waals surface area contributed by atoms with Crippen LogP contribution < -0.4 is 10.4 Å². The standard InChI is InChI=1S/C16H12BN/c1-2-6-14-10-16-12-18-8-4-3-7-17(18)11-15(16)9-13(14)5-1/h1-12H. The summed E-state index contributed by atoms with van der Waals surface area (Å²) in [5, 5.41) is 5.24. The summed E-state index contributed by atoms with van der Waals surface area (Å²) in [7, 11) is 0. The molecule has 0 radical (unpaired) electrons. The topological polar surface area (TPSA) is 3.24 Å². The van der Waals surface area contributed by atoms with Gasteiger partial charge >= 0.3 is 6.85 Å². The van der Waals surface area contributed by atoms with E-state index in [-0.39, 0.29) is 0 Å². The predicted octanol–water partition coefficient (Wildman–Crippen LogP) is 1.83. The lowest BCUT2D eigenvalue weighted by Crippen LogP contribution is -2.41. The van der Waals surface area contributed by atoms with Crippen molar-refractivity contribution in [1.82, 2.24) is 4.81 Å². The maximum atomic E-state index is 2.32. The second-order valence-corrected chi connectivity index (χ2v) is 4.79. The first-order chi connectivity index (χ1) is 8.90. The van der Waals surface area contributed by atoms with Crippen molar-refractivity contribution in [3.05, 3.63) is 71.2 Å². The van der Waals surface area contributed by atoms with Crippen LogP contribution in [0, 0.1) is 0 Å². The van der Waals surface area contributed by atoms with Gasteiger partial charge in [0.25, 0.3) is 0 Å². The zero-order valence-corrected chi connectivity index (χ0v) is 9.95. The second-order valence-electron chi connectivity index (χ2n) is 4.79. The molecule has 0 aliphatic carbocycles. The van der Waals surface area contributed by atoms with E-state index in [0.29, 0.717) is 6.85 Å². The Morgan fingerprint density at radius 3 is 2.50 bits per heavy atom. The third-order valence-electron chi connectivity index (χ3n) is 3.61. The molecule has 0 saturated heterocycles. The zero-order valence-electron chi connectivity index (χ0n) is 9.95. The molecule has 0 unspecified atom stereocenters. The third-order valence-corrected chi connectivity index (χ3v) is 3.61. The Bertz CT molecular complexity index is 733. The Kier molecular flexibility index (Phi) is 1.98. The lowest BCUT2D eigenvalue weighted by molar-refractivity contribution is 0.857. The summed E-state index contributed by atoms with van der Waals surface area (Å²) in [4.78, 5) is 2.25. The van der Waals surface area contributed by atoms with Gasteiger partial charge in [-0.3, -0.25) is 0 Å². The van der Waals surface area contributed by atoms with Gasteiger partial charge in [-0.1, -0.05) is 42.3 Å². The molecule has 84 valence electrons. The van der Waals surface area contributed by atoms with E-state index in [1.54, 1.807) is 0 Å². The van der Waals surface area contributed by atoms with Crippen LogP contribution in [0.5, 0.6) is 0 Å². The molecule has 2 aromatic carbocycles. The maximum absolute atomic E-state index is 2.32. The van der Waals surface area contributed by atoms with Crippen molar-refractivity contribution in [3.8, 4) is 0 Å². The molecule has 2 aliphatic heterocycles. The molecule has 0 atom stereocenters. The van der Waals surface area contributed by atoms with E-state index < -0.39 is 0 Å². The first kappa shape index (κ1) is 9.78. The van der Waals surface area contributed by atoms with Crippen LogP contribution in [0.1, 0.15) is 0 Å². The molecule has 2 heterocycles. The molecular formula is C16H12BN. The lowest BCUT2D eigenvalue weighted by atomic mass is 9.58. The number of allylic oxidation sites excluding steroid dienone is 2. The third kappa shape index (κ3) is 1.42. The highest BCUT2D eigenvalue weighted by atomic mass is 15.0. The van der Waals surface area contributed by atoms with Crippen LogP contribution >= 0.6 is 0 Å². The van der Waals surface area contributed by atoms with E-state index in [2.05, 4.69) is 77.7 Å². The number of hydrogen-bond acceptors (Lipinski definition) is 1. The summed E-state index contributed by atoms with van der Waals surface area (Å²) in [5.41, 5.74) is 0. The molecule has 2 aliphatic rings. The first-order valence-corrected chi connectivity index (χ1v) is 6.25. The molecule has 0 spiro atoms. The van der Waals surface area contributed by atoms with Gasteiger partial charge in [0.1, 0.15) is 0 Å². The Morgan fingerprint density at radius 1 is 0.889 bits per heavy atom. The summed E-state index contributed by atoms with van der Waals surface area (Å²) in [5.74, 6) is 4.54. The average Bonchev–Trinajstić information content (AvgIpc) is 2.42. The number of nitrogens with zero attached hydrogens (tertiary/aromatic N) is 1. The van der Waals surface area contributed by atoms with Gasteiger partial charge in [-0.25, -0.2) is 0 Å². The lowest BCUT2D eigenvalue weighted by Gasteiger charge is -2.24. The van der Waals surface area contributed by atoms with Crippen LogP contribution in [-0.4, -0.2) is 11.7 Å². The average molecular weight is 229 g/mol. The van der Waals surface area contributed by atoms with Gasteiger partial charge in [0, 0.05) is 0 Å². The van der Waals surface area contributed by atoms with E-state index in [1.807, 2.05) is 0 Å². The fraction of sp³-hybridized carbons (Fsp3) is 0. The van der Waals surface area contributed by atoms with Crippen LogP contribution in [0.25, 0.3) is 22.9 Å². The molecule has 2 heteroatoms. The summed E-state index contributed by atoms with van der Waals surface area (Å²) < 4.78 is 0. The number of hydrogen-bond donors (Lipinski definition) is 0. The molecule has 4 rings (SSSR count). The van der Waals surface area contributed by atoms with Gasteiger partial charge < -0.3 is 4.81 Å². The number of fused-ring (bicyclic) bond motifs is 3. The van der Waals surface area contributed by atoms with Crippen molar-refractivity contribution in [2.45, 2.75) is 0 Å². The number of benzene rings is 2. The SMILES string of the molecule is C1=CB2C=c3cc4ccccc4cc3=CN2C=C1. The van der Waals surface area contributed by atoms with E-state index in [1.165, 1.54) is 21.2 Å². The van der Waals surface area contributed by atoms with Crippen LogP contribution in [0.4, 0.5) is 0 Å². The fourth-order valence-electron chi connectivity index (χ4n) is 2.67. The highest BCUT2D eigenvalue weighted by Crippen LogP contribution is 2.12.